The van der Waals surface area contributed by atoms with E-state index in [2.05, 4.69) is 44.9 Å². The molecule has 1 saturated heterocycles. The molecule has 2 fully saturated rings. The number of rotatable bonds is 9. The maximum Gasteiger partial charge on any atom is 0.273 e. The molecular formula is C20H28N6O2. The van der Waals surface area contributed by atoms with E-state index in [1.54, 1.807) is 10.9 Å². The van der Waals surface area contributed by atoms with Gasteiger partial charge in [-0.15, -0.1) is 5.10 Å². The third-order valence-corrected chi connectivity index (χ3v) is 5.42. The number of hydrogen-bond donors (Lipinski definition) is 2. The highest BCUT2D eigenvalue weighted by atomic mass is 16.5. The lowest BCUT2D eigenvalue weighted by Crippen LogP contribution is -2.59. The number of aromatic nitrogens is 3. The van der Waals surface area contributed by atoms with Crippen LogP contribution in [0.25, 0.3) is 0 Å². The van der Waals surface area contributed by atoms with E-state index in [-0.39, 0.29) is 18.0 Å². The standard InChI is InChI=1S/C20H28N6O2/c1-14(15-4-3-5-18(10-15)28-9-8-21-2)25-11-16(12-25)22-20(27)19-13-26(24-23-19)17-6-7-17/h3-5,10,13-14,16-17,21H,6-9,11-12H2,1-2H3,(H,22,27). The Kier molecular flexibility index (Phi) is 5.59. The van der Waals surface area contributed by atoms with Gasteiger partial charge in [0.25, 0.3) is 5.91 Å². The van der Waals surface area contributed by atoms with E-state index in [1.807, 2.05) is 19.2 Å². The van der Waals surface area contributed by atoms with Gasteiger partial charge < -0.3 is 15.4 Å². The molecule has 1 aliphatic carbocycles. The molecule has 0 spiro atoms. The van der Waals surface area contributed by atoms with Gasteiger partial charge in [0, 0.05) is 25.7 Å². The van der Waals surface area contributed by atoms with Gasteiger partial charge in [-0.1, -0.05) is 17.3 Å². The van der Waals surface area contributed by atoms with Crippen molar-refractivity contribution in [2.45, 2.75) is 37.9 Å². The smallest absolute Gasteiger partial charge is 0.273 e. The lowest BCUT2D eigenvalue weighted by atomic mass is 10.00. The Morgan fingerprint density at radius 3 is 2.93 bits per heavy atom. The van der Waals surface area contributed by atoms with Gasteiger partial charge in [0.05, 0.1) is 18.3 Å². The molecule has 0 radical (unpaired) electrons. The summed E-state index contributed by atoms with van der Waals surface area (Å²) >= 11 is 0. The van der Waals surface area contributed by atoms with Crippen LogP contribution in [-0.4, -0.2) is 65.1 Å². The van der Waals surface area contributed by atoms with Crippen LogP contribution in [0.2, 0.25) is 0 Å². The second-order valence-corrected chi connectivity index (χ2v) is 7.64. The summed E-state index contributed by atoms with van der Waals surface area (Å²) in [5.41, 5.74) is 1.63. The Labute approximate surface area is 165 Å². The Morgan fingerprint density at radius 2 is 2.18 bits per heavy atom. The van der Waals surface area contributed by atoms with Crippen molar-refractivity contribution in [3.05, 3.63) is 41.7 Å². The van der Waals surface area contributed by atoms with Crippen LogP contribution in [0.1, 0.15) is 47.9 Å². The van der Waals surface area contributed by atoms with Crippen molar-refractivity contribution in [1.82, 2.24) is 30.5 Å². The number of nitrogens with zero attached hydrogens (tertiary/aromatic N) is 4. The van der Waals surface area contributed by atoms with Gasteiger partial charge in [-0.25, -0.2) is 4.68 Å². The average Bonchev–Trinajstić information content (AvgIpc) is 3.41. The predicted octanol–water partition coefficient (Wildman–Crippen LogP) is 1.39. The van der Waals surface area contributed by atoms with Gasteiger partial charge in [0.15, 0.2) is 5.69 Å². The van der Waals surface area contributed by atoms with Gasteiger partial charge in [-0.2, -0.15) is 0 Å². The average molecular weight is 384 g/mol. The summed E-state index contributed by atoms with van der Waals surface area (Å²) in [4.78, 5) is 14.7. The Balaban J connectivity index is 1.26. The summed E-state index contributed by atoms with van der Waals surface area (Å²) in [6.45, 7) is 5.31. The van der Waals surface area contributed by atoms with E-state index in [0.717, 1.165) is 38.2 Å². The number of likely N-dealkylation sites (tertiary alicyclic amines) is 1. The van der Waals surface area contributed by atoms with E-state index >= 15 is 0 Å². The van der Waals surface area contributed by atoms with Crippen LogP contribution < -0.4 is 15.4 Å². The molecule has 8 nitrogen and oxygen atoms in total. The number of benzene rings is 1. The minimum atomic E-state index is -0.135. The highest BCUT2D eigenvalue weighted by Gasteiger charge is 2.33. The monoisotopic (exact) mass is 384 g/mol. The molecule has 2 N–H and O–H groups in total. The zero-order valence-electron chi connectivity index (χ0n) is 16.5. The SMILES string of the molecule is CNCCOc1cccc(C(C)N2CC(NC(=O)c3cn(C4CC4)nn3)C2)c1. The van der Waals surface area contributed by atoms with Gasteiger partial charge in [-0.05, 0) is 44.5 Å². The largest absolute Gasteiger partial charge is 0.492 e. The van der Waals surface area contributed by atoms with Crippen molar-refractivity contribution in [2.75, 3.05) is 33.3 Å². The highest BCUT2D eigenvalue weighted by molar-refractivity contribution is 5.92. The fourth-order valence-corrected chi connectivity index (χ4v) is 3.42. The van der Waals surface area contributed by atoms with Crippen molar-refractivity contribution in [2.24, 2.45) is 0 Å². The first-order valence-electron chi connectivity index (χ1n) is 9.98. The van der Waals surface area contributed by atoms with Crippen LogP contribution in [0.15, 0.2) is 30.5 Å². The third kappa shape index (κ3) is 4.34. The minimum absolute atomic E-state index is 0.135. The molecule has 1 aromatic heterocycles. The van der Waals surface area contributed by atoms with Gasteiger partial charge >= 0.3 is 0 Å². The summed E-state index contributed by atoms with van der Waals surface area (Å²) in [6.07, 6.45) is 4.01. The molecule has 1 saturated carbocycles. The number of ether oxygens (including phenoxy) is 1. The van der Waals surface area contributed by atoms with E-state index in [4.69, 9.17) is 4.74 Å². The Hall–Kier alpha value is -2.45. The summed E-state index contributed by atoms with van der Waals surface area (Å²) in [5.74, 6) is 0.757. The number of nitrogens with one attached hydrogen (secondary N) is 2. The van der Waals surface area contributed by atoms with Gasteiger partial charge in [-0.3, -0.25) is 9.69 Å². The first-order valence-corrected chi connectivity index (χ1v) is 9.98. The van der Waals surface area contributed by atoms with Crippen LogP contribution in [0.3, 0.4) is 0 Å². The first-order chi connectivity index (χ1) is 13.6. The van der Waals surface area contributed by atoms with Crippen molar-refractivity contribution in [3.8, 4) is 5.75 Å². The van der Waals surface area contributed by atoms with Crippen LogP contribution in [0.5, 0.6) is 5.75 Å². The Morgan fingerprint density at radius 1 is 1.36 bits per heavy atom. The summed E-state index contributed by atoms with van der Waals surface area (Å²) in [5, 5.41) is 14.2. The summed E-state index contributed by atoms with van der Waals surface area (Å²) in [7, 11) is 1.91. The molecule has 4 rings (SSSR count). The molecule has 1 aromatic carbocycles. The molecular weight excluding hydrogens is 356 g/mol. The number of likely N-dealkylation sites (N-methyl/N-ethyl adjacent to an activating group) is 1. The van der Waals surface area contributed by atoms with E-state index in [9.17, 15) is 4.79 Å². The van der Waals surface area contributed by atoms with Gasteiger partial charge in [0.2, 0.25) is 0 Å². The fourth-order valence-electron chi connectivity index (χ4n) is 3.42. The molecule has 28 heavy (non-hydrogen) atoms. The maximum absolute atomic E-state index is 12.4. The van der Waals surface area contributed by atoms with E-state index in [1.165, 1.54) is 5.56 Å². The summed E-state index contributed by atoms with van der Waals surface area (Å²) in [6, 6.07) is 9.10. The zero-order valence-corrected chi connectivity index (χ0v) is 16.5. The molecule has 2 heterocycles. The molecule has 1 atom stereocenters. The van der Waals surface area contributed by atoms with Crippen LogP contribution in [-0.2, 0) is 0 Å². The molecule has 150 valence electrons. The van der Waals surface area contributed by atoms with Crippen LogP contribution in [0.4, 0.5) is 0 Å². The molecule has 0 bridgehead atoms. The zero-order chi connectivity index (χ0) is 19.5. The molecule has 2 aliphatic rings. The number of amides is 1. The normalized spacial score (nSPS) is 18.5. The lowest BCUT2D eigenvalue weighted by molar-refractivity contribution is 0.0672. The maximum atomic E-state index is 12.4. The van der Waals surface area contributed by atoms with E-state index in [0.29, 0.717) is 18.3 Å². The topological polar surface area (TPSA) is 84.3 Å². The second kappa shape index (κ2) is 8.28. The van der Waals surface area contributed by atoms with Crippen molar-refractivity contribution < 1.29 is 9.53 Å². The molecule has 1 aliphatic heterocycles. The minimum Gasteiger partial charge on any atom is -0.492 e. The number of carbonyl (C=O) groups is 1. The second-order valence-electron chi connectivity index (χ2n) is 7.64. The number of carbonyl (C=O) groups excluding carboxylic acids is 1. The van der Waals surface area contributed by atoms with Crippen molar-refractivity contribution in [3.63, 3.8) is 0 Å². The van der Waals surface area contributed by atoms with Crippen LogP contribution >= 0.6 is 0 Å². The number of hydrogen-bond acceptors (Lipinski definition) is 6. The first kappa shape index (κ1) is 18.9. The third-order valence-electron chi connectivity index (χ3n) is 5.42. The molecule has 1 unspecified atom stereocenters. The predicted molar refractivity (Wildman–Crippen MR) is 105 cm³/mol. The Bertz CT molecular complexity index is 813. The van der Waals surface area contributed by atoms with Gasteiger partial charge in [0.1, 0.15) is 12.4 Å². The quantitative estimate of drug-likeness (QED) is 0.636. The highest BCUT2D eigenvalue weighted by Crippen LogP contribution is 2.33. The molecule has 2 aromatic rings. The van der Waals surface area contributed by atoms with Crippen LogP contribution in [0, 0.1) is 0 Å². The summed E-state index contributed by atoms with van der Waals surface area (Å²) < 4.78 is 7.56. The van der Waals surface area contributed by atoms with Crippen molar-refractivity contribution >= 4 is 5.91 Å². The van der Waals surface area contributed by atoms with E-state index < -0.39 is 0 Å². The van der Waals surface area contributed by atoms with Crippen molar-refractivity contribution in [1.29, 1.82) is 0 Å². The lowest BCUT2D eigenvalue weighted by Gasteiger charge is -2.43. The molecule has 1 amide bonds. The fraction of sp³-hybridized carbons (Fsp3) is 0.550. The molecule has 8 heteroatoms.